The molecule has 2 rings (SSSR count). The summed E-state index contributed by atoms with van der Waals surface area (Å²) >= 11 is 1.04. The van der Waals surface area contributed by atoms with E-state index in [9.17, 15) is 19.3 Å². The SMILES string of the molecule is CC(=O)Nc1cc(NCCCCCCCCCCC(=O)O)ccc1C(=O)Nc1[nH+]c(C)c(N=O)s1. The first-order valence-electron chi connectivity index (χ1n) is 11.8. The molecule has 2 amide bonds. The number of carbonyl (C=O) groups excluding carboxylic acids is 2. The van der Waals surface area contributed by atoms with Crippen LogP contribution in [0.1, 0.15) is 80.8 Å². The van der Waals surface area contributed by atoms with Crippen LogP contribution in [0.15, 0.2) is 23.4 Å². The summed E-state index contributed by atoms with van der Waals surface area (Å²) in [6.45, 7) is 3.85. The number of nitrogens with one attached hydrogen (secondary N) is 4. The third kappa shape index (κ3) is 10.2. The zero-order valence-electron chi connectivity index (χ0n) is 20.2. The van der Waals surface area contributed by atoms with Gasteiger partial charge in [0.25, 0.3) is 0 Å². The van der Waals surface area contributed by atoms with E-state index in [0.717, 1.165) is 74.9 Å². The minimum atomic E-state index is -0.723. The van der Waals surface area contributed by atoms with Crippen molar-refractivity contribution in [3.05, 3.63) is 34.4 Å². The summed E-state index contributed by atoms with van der Waals surface area (Å²) in [4.78, 5) is 48.6. The predicted octanol–water partition coefficient (Wildman–Crippen LogP) is 5.49. The Balaban J connectivity index is 1.80. The van der Waals surface area contributed by atoms with Crippen molar-refractivity contribution in [2.45, 2.75) is 71.6 Å². The largest absolute Gasteiger partial charge is 0.481 e. The average molecular weight is 505 g/mol. The van der Waals surface area contributed by atoms with Crippen molar-refractivity contribution in [1.82, 2.24) is 0 Å². The summed E-state index contributed by atoms with van der Waals surface area (Å²) in [5, 5.41) is 20.9. The number of hydrogen-bond donors (Lipinski definition) is 4. The molecule has 0 saturated carbocycles. The number of carboxylic acid groups (broad SMARTS) is 1. The maximum atomic E-state index is 12.8. The zero-order chi connectivity index (χ0) is 25.6. The molecule has 1 aromatic heterocycles. The number of nitroso groups, excluding NO2 is 1. The Morgan fingerprint density at radius 2 is 1.66 bits per heavy atom. The van der Waals surface area contributed by atoms with Crippen molar-refractivity contribution in [2.24, 2.45) is 5.18 Å². The van der Waals surface area contributed by atoms with E-state index < -0.39 is 11.9 Å². The lowest BCUT2D eigenvalue weighted by Gasteiger charge is -2.12. The Bertz CT molecular complexity index is 1020. The van der Waals surface area contributed by atoms with Gasteiger partial charge in [-0.3, -0.25) is 9.59 Å². The number of aliphatic carboxylic acids is 1. The minimum Gasteiger partial charge on any atom is -0.481 e. The molecule has 5 N–H and O–H groups in total. The molecule has 0 unspecified atom stereocenters. The van der Waals surface area contributed by atoms with Gasteiger partial charge in [0.15, 0.2) is 0 Å². The van der Waals surface area contributed by atoms with Gasteiger partial charge in [-0.25, -0.2) is 9.78 Å². The van der Waals surface area contributed by atoms with E-state index in [-0.39, 0.29) is 17.3 Å². The van der Waals surface area contributed by atoms with Gasteiger partial charge in [0.2, 0.25) is 10.9 Å². The smallest absolute Gasteiger partial charge is 0.341 e. The number of H-pyrrole nitrogens is 1. The number of carbonyl (C=O) groups is 3. The van der Waals surface area contributed by atoms with Crippen molar-refractivity contribution >= 4 is 50.6 Å². The van der Waals surface area contributed by atoms with Crippen molar-refractivity contribution < 1.29 is 24.5 Å². The fraction of sp³-hybridized carbons (Fsp3) is 0.500. The number of benzene rings is 1. The molecule has 0 aliphatic carbocycles. The highest BCUT2D eigenvalue weighted by Gasteiger charge is 2.21. The van der Waals surface area contributed by atoms with E-state index in [1.165, 1.54) is 6.92 Å². The van der Waals surface area contributed by atoms with E-state index >= 15 is 0 Å². The number of thiazole rings is 1. The number of nitrogens with zero attached hydrogens (tertiary/aromatic N) is 1. The van der Waals surface area contributed by atoms with E-state index in [1.54, 1.807) is 25.1 Å². The molecule has 0 aliphatic rings. The highest BCUT2D eigenvalue weighted by atomic mass is 32.1. The van der Waals surface area contributed by atoms with Crippen molar-refractivity contribution in [3.8, 4) is 0 Å². The second-order valence-corrected chi connectivity index (χ2v) is 9.37. The monoisotopic (exact) mass is 504 g/mol. The number of rotatable bonds is 16. The molecule has 0 fully saturated rings. The average Bonchev–Trinajstić information content (AvgIpc) is 3.15. The van der Waals surface area contributed by atoms with Crippen LogP contribution in [0.3, 0.4) is 0 Å². The first-order valence-corrected chi connectivity index (χ1v) is 12.7. The molecule has 11 heteroatoms. The number of anilines is 3. The predicted molar refractivity (Wildman–Crippen MR) is 137 cm³/mol. The van der Waals surface area contributed by atoms with Crippen molar-refractivity contribution in [2.75, 3.05) is 22.5 Å². The Kier molecular flexibility index (Phi) is 11.8. The van der Waals surface area contributed by atoms with Gasteiger partial charge < -0.3 is 15.7 Å². The molecule has 1 aromatic carbocycles. The molecule has 0 radical (unpaired) electrons. The van der Waals surface area contributed by atoms with Gasteiger partial charge in [0.05, 0.1) is 11.3 Å². The molecular formula is C24H34N5O5S+. The first-order chi connectivity index (χ1) is 16.8. The van der Waals surface area contributed by atoms with Gasteiger partial charge in [0.1, 0.15) is 5.69 Å². The lowest BCUT2D eigenvalue weighted by Crippen LogP contribution is -2.20. The second kappa shape index (κ2) is 14.8. The van der Waals surface area contributed by atoms with Gasteiger partial charge >= 0.3 is 17.0 Å². The molecule has 1 heterocycles. The van der Waals surface area contributed by atoms with Crippen LogP contribution in [-0.2, 0) is 9.59 Å². The van der Waals surface area contributed by atoms with Crippen LogP contribution in [0.25, 0.3) is 0 Å². The van der Waals surface area contributed by atoms with Crippen LogP contribution in [0, 0.1) is 11.8 Å². The molecule has 35 heavy (non-hydrogen) atoms. The highest BCUT2D eigenvalue weighted by Crippen LogP contribution is 2.28. The number of unbranched alkanes of at least 4 members (excludes halogenated alkanes) is 7. The van der Waals surface area contributed by atoms with E-state index in [0.29, 0.717) is 22.1 Å². The third-order valence-corrected chi connectivity index (χ3v) is 6.33. The summed E-state index contributed by atoms with van der Waals surface area (Å²) in [5.41, 5.74) is 2.06. The fourth-order valence-electron chi connectivity index (χ4n) is 3.58. The lowest BCUT2D eigenvalue weighted by atomic mass is 10.1. The summed E-state index contributed by atoms with van der Waals surface area (Å²) in [6, 6.07) is 5.17. The van der Waals surface area contributed by atoms with Gasteiger partial charge in [-0.05, 0) is 47.6 Å². The molecule has 10 nitrogen and oxygen atoms in total. The molecule has 0 atom stereocenters. The zero-order valence-corrected chi connectivity index (χ0v) is 21.1. The van der Waals surface area contributed by atoms with E-state index in [2.05, 4.69) is 26.1 Å². The Morgan fingerprint density at radius 3 is 2.26 bits per heavy atom. The van der Waals surface area contributed by atoms with Crippen LogP contribution in [-0.4, -0.2) is 29.4 Å². The number of aromatic amines is 1. The number of amides is 2. The molecule has 0 spiro atoms. The van der Waals surface area contributed by atoms with Crippen molar-refractivity contribution in [1.29, 1.82) is 0 Å². The number of aromatic nitrogens is 1. The summed E-state index contributed by atoms with van der Waals surface area (Å²) < 4.78 is 0. The maximum Gasteiger partial charge on any atom is 0.341 e. The van der Waals surface area contributed by atoms with Gasteiger partial charge in [0, 0.05) is 32.5 Å². The first kappa shape index (κ1) is 27.9. The van der Waals surface area contributed by atoms with Crippen LogP contribution >= 0.6 is 11.3 Å². The summed E-state index contributed by atoms with van der Waals surface area (Å²) in [5.74, 6) is -1.43. The quantitative estimate of drug-likeness (QED) is 0.175. The maximum absolute atomic E-state index is 12.8. The minimum absolute atomic E-state index is 0.258. The highest BCUT2D eigenvalue weighted by molar-refractivity contribution is 7.19. The van der Waals surface area contributed by atoms with Gasteiger partial charge in [-0.1, -0.05) is 38.5 Å². The Morgan fingerprint density at radius 1 is 1.00 bits per heavy atom. The molecule has 0 bridgehead atoms. The molecule has 2 aromatic rings. The van der Waals surface area contributed by atoms with E-state index in [4.69, 9.17) is 5.11 Å². The topological polar surface area (TPSA) is 151 Å². The van der Waals surface area contributed by atoms with E-state index in [1.807, 2.05) is 0 Å². The molecule has 190 valence electrons. The standard InChI is InChI=1S/C24H33N5O5S/c1-16-23(29-34)35-24(26-16)28-22(33)19-13-12-18(15-20(19)27-17(2)30)25-14-10-8-6-4-3-5-7-9-11-21(31)32/h12-13,15,25H,3-11,14H2,1-2H3,(H,27,30)(H,31,32)(H,26,28,33)/p+1. The molecular weight excluding hydrogens is 470 g/mol. The lowest BCUT2D eigenvalue weighted by molar-refractivity contribution is -0.363. The van der Waals surface area contributed by atoms with Crippen molar-refractivity contribution in [3.63, 3.8) is 0 Å². The molecule has 0 aliphatic heterocycles. The number of hydrogen-bond acceptors (Lipinski definition) is 7. The van der Waals surface area contributed by atoms with Crippen LogP contribution in [0.4, 0.5) is 21.5 Å². The van der Waals surface area contributed by atoms with Gasteiger partial charge in [-0.15, -0.1) is 4.91 Å². The van der Waals surface area contributed by atoms with Gasteiger partial charge in [-0.2, -0.15) is 5.32 Å². The van der Waals surface area contributed by atoms with Crippen LogP contribution in [0.5, 0.6) is 0 Å². The molecule has 0 saturated heterocycles. The van der Waals surface area contributed by atoms with Crippen LogP contribution in [0.2, 0.25) is 0 Å². The second-order valence-electron chi connectivity index (χ2n) is 8.37. The Hall–Kier alpha value is -3.34. The number of aryl methyl sites for hydroxylation is 1. The normalized spacial score (nSPS) is 10.6. The number of carboxylic acids is 1. The Labute approximate surface area is 208 Å². The van der Waals surface area contributed by atoms with Crippen LogP contribution < -0.4 is 20.9 Å². The third-order valence-electron chi connectivity index (χ3n) is 5.35. The summed E-state index contributed by atoms with van der Waals surface area (Å²) in [7, 11) is 0. The fourth-order valence-corrected chi connectivity index (χ4v) is 4.36. The summed E-state index contributed by atoms with van der Waals surface area (Å²) in [6.07, 6.45) is 8.57.